The molecule has 0 spiro atoms. The topological polar surface area (TPSA) is 115 Å². The van der Waals surface area contributed by atoms with Gasteiger partial charge in [0.05, 0.1) is 36.4 Å². The van der Waals surface area contributed by atoms with Gasteiger partial charge in [0.2, 0.25) is 0 Å². The van der Waals surface area contributed by atoms with Crippen molar-refractivity contribution in [1.29, 1.82) is 0 Å². The summed E-state index contributed by atoms with van der Waals surface area (Å²) in [5.41, 5.74) is 5.27. The summed E-state index contributed by atoms with van der Waals surface area (Å²) in [6, 6.07) is 10.3. The van der Waals surface area contributed by atoms with E-state index in [0.29, 0.717) is 46.4 Å². The molecule has 0 radical (unpaired) electrons. The van der Waals surface area contributed by atoms with Crippen molar-refractivity contribution in [3.63, 3.8) is 0 Å². The van der Waals surface area contributed by atoms with E-state index in [1.165, 1.54) is 0 Å². The third-order valence-corrected chi connectivity index (χ3v) is 10.1. The molecule has 0 aliphatic rings. The summed E-state index contributed by atoms with van der Waals surface area (Å²) in [6.45, 7) is 19.4. The number of fused-ring (bicyclic) bond motifs is 2. The molecule has 43 heavy (non-hydrogen) atoms. The number of nitrogens with zero attached hydrogens (tertiary/aromatic N) is 5. The number of carbonyl (C=O) groups is 1. The van der Waals surface area contributed by atoms with E-state index < -0.39 is 30.2 Å². The molecule has 4 aromatic heterocycles. The predicted octanol–water partition coefficient (Wildman–Crippen LogP) is 6.43. The van der Waals surface area contributed by atoms with Gasteiger partial charge in [-0.3, -0.25) is 8.97 Å². The lowest BCUT2D eigenvalue weighted by Gasteiger charge is -2.18. The molecule has 0 saturated carbocycles. The van der Waals surface area contributed by atoms with Gasteiger partial charge in [-0.1, -0.05) is 24.0 Å². The number of pyridine rings is 2. The number of imidazole rings is 1. The summed E-state index contributed by atoms with van der Waals surface area (Å²) in [5, 5.41) is 0.910. The van der Waals surface area contributed by atoms with Gasteiger partial charge in [-0.2, -0.15) is 0 Å². The highest BCUT2D eigenvalue weighted by Crippen LogP contribution is 2.33. The zero-order chi connectivity index (χ0) is 31.7. The van der Waals surface area contributed by atoms with E-state index in [2.05, 4.69) is 24.0 Å². The molecule has 10 nitrogen and oxygen atoms in total. The van der Waals surface area contributed by atoms with E-state index in [1.807, 2.05) is 61.8 Å². The molecule has 0 aromatic carbocycles. The first-order valence-electron chi connectivity index (χ1n) is 14.4. The van der Waals surface area contributed by atoms with Gasteiger partial charge in [0, 0.05) is 26.1 Å². The summed E-state index contributed by atoms with van der Waals surface area (Å²) in [5.74, 6) is 0.0431. The van der Waals surface area contributed by atoms with E-state index in [0.717, 1.165) is 22.8 Å². The maximum Gasteiger partial charge on any atom is 0.338 e. The molecule has 232 valence electrons. The van der Waals surface area contributed by atoms with Gasteiger partial charge in [0.1, 0.15) is 45.5 Å². The molecule has 0 saturated heterocycles. The average Bonchev–Trinajstić information content (AvgIpc) is 3.46. The number of ether oxygens (including phenoxy) is 3. The first-order valence-corrected chi connectivity index (χ1v) is 19.3. The van der Waals surface area contributed by atoms with Crippen molar-refractivity contribution >= 4 is 47.8 Å². The third-order valence-electron chi connectivity index (χ3n) is 6.96. The van der Waals surface area contributed by atoms with Crippen LogP contribution in [0.2, 0.25) is 25.7 Å². The van der Waals surface area contributed by atoms with Crippen LogP contribution in [0.1, 0.15) is 56.4 Å². The van der Waals surface area contributed by atoms with Crippen LogP contribution < -0.4 is 4.74 Å². The minimum atomic E-state index is -1.41. The minimum Gasteiger partial charge on any atom is -0.591 e. The fraction of sp³-hybridized carbons (Fsp3) is 0.484. The number of hydrogen-bond donors (Lipinski definition) is 0. The quantitative estimate of drug-likeness (QED) is 0.0620. The average molecular weight is 626 g/mol. The lowest BCUT2D eigenvalue weighted by molar-refractivity contribution is 0.0525. The monoisotopic (exact) mass is 625 g/mol. The number of aryl methyl sites for hydroxylation is 1. The van der Waals surface area contributed by atoms with Gasteiger partial charge in [0.15, 0.2) is 5.88 Å². The van der Waals surface area contributed by atoms with Crippen LogP contribution in [0.25, 0.3) is 28.1 Å². The highest BCUT2D eigenvalue weighted by atomic mass is 32.2. The first kappa shape index (κ1) is 32.7. The zero-order valence-electron chi connectivity index (χ0n) is 26.9. The molecular weight excluding hydrogens is 583 g/mol. The van der Waals surface area contributed by atoms with Crippen LogP contribution in [0, 0.1) is 6.92 Å². The predicted molar refractivity (Wildman–Crippen MR) is 175 cm³/mol. The molecule has 0 N–H and O–H groups in total. The van der Waals surface area contributed by atoms with Crippen LogP contribution in [0.15, 0.2) is 34.7 Å². The Morgan fingerprint density at radius 3 is 2.49 bits per heavy atom. The maximum atomic E-state index is 12.7. The normalized spacial score (nSPS) is 13.6. The van der Waals surface area contributed by atoms with Crippen molar-refractivity contribution in [2.24, 2.45) is 4.40 Å². The first-order chi connectivity index (χ1) is 20.1. The zero-order valence-corrected chi connectivity index (χ0v) is 28.7. The Morgan fingerprint density at radius 1 is 1.14 bits per heavy atom. The Balaban J connectivity index is 1.87. The van der Waals surface area contributed by atoms with Gasteiger partial charge < -0.3 is 18.8 Å². The van der Waals surface area contributed by atoms with E-state index >= 15 is 0 Å². The van der Waals surface area contributed by atoms with Crippen LogP contribution in [-0.4, -0.2) is 68.3 Å². The largest absolute Gasteiger partial charge is 0.591 e. The molecule has 4 heterocycles. The number of rotatable bonds is 11. The van der Waals surface area contributed by atoms with Crippen LogP contribution in [0.4, 0.5) is 0 Å². The summed E-state index contributed by atoms with van der Waals surface area (Å²) < 4.78 is 37.7. The minimum absolute atomic E-state index is 0.272. The van der Waals surface area contributed by atoms with Gasteiger partial charge >= 0.3 is 5.97 Å². The highest BCUT2D eigenvalue weighted by molar-refractivity contribution is 7.91. The Hall–Kier alpha value is -3.19. The summed E-state index contributed by atoms with van der Waals surface area (Å²) in [4.78, 5) is 22.5. The molecule has 0 aliphatic heterocycles. The van der Waals surface area contributed by atoms with Gasteiger partial charge in [-0.15, -0.1) is 0 Å². The molecule has 4 rings (SSSR count). The van der Waals surface area contributed by atoms with Crippen LogP contribution in [-0.2, 0) is 27.6 Å². The van der Waals surface area contributed by atoms with Crippen LogP contribution >= 0.6 is 0 Å². The Morgan fingerprint density at radius 2 is 1.86 bits per heavy atom. The molecule has 1 atom stereocenters. The smallest absolute Gasteiger partial charge is 0.338 e. The molecule has 12 heteroatoms. The van der Waals surface area contributed by atoms with Crippen molar-refractivity contribution in [2.45, 2.75) is 78.7 Å². The summed E-state index contributed by atoms with van der Waals surface area (Å²) in [7, 11) is 0.274. The molecule has 0 aliphatic carbocycles. The standard InChI is InChI=1S/C31H43N5O5SSi/c1-11-41-30(37)23-17-26-33-28(21(3)36(26)27(18-23)39-7)25-16-22-12-13-24(20(2)34-42(38)31(4,5)6)32-29(22)35(25)19-40-14-15-43(8,9)10/h12-13,16-18H,11,14-15,19H2,1-10H3/b34-20+. The maximum absolute atomic E-state index is 12.7. The molecule has 1 unspecified atom stereocenters. The van der Waals surface area contributed by atoms with Crippen molar-refractivity contribution in [3.05, 3.63) is 47.3 Å². The number of aromatic nitrogens is 4. The van der Waals surface area contributed by atoms with Crippen molar-refractivity contribution in [2.75, 3.05) is 20.3 Å². The number of methoxy groups -OCH3 is 1. The van der Waals surface area contributed by atoms with E-state index in [-0.39, 0.29) is 13.3 Å². The van der Waals surface area contributed by atoms with E-state index in [1.54, 1.807) is 26.2 Å². The number of carbonyl (C=O) groups excluding carboxylic acids is 1. The van der Waals surface area contributed by atoms with E-state index in [9.17, 15) is 9.35 Å². The Labute approximate surface area is 257 Å². The van der Waals surface area contributed by atoms with Crippen molar-refractivity contribution in [1.82, 2.24) is 18.9 Å². The lowest BCUT2D eigenvalue weighted by Crippen LogP contribution is -2.26. The second-order valence-corrected chi connectivity index (χ2v) is 20.2. The van der Waals surface area contributed by atoms with Crippen LogP contribution in [0.3, 0.4) is 0 Å². The second-order valence-electron chi connectivity index (χ2n) is 12.7. The summed E-state index contributed by atoms with van der Waals surface area (Å²) >= 11 is -1.41. The number of hydrogen-bond acceptors (Lipinski definition) is 8. The van der Waals surface area contributed by atoms with E-state index in [4.69, 9.17) is 24.2 Å². The molecule has 4 aromatic rings. The fourth-order valence-corrected chi connectivity index (χ4v) is 5.87. The lowest BCUT2D eigenvalue weighted by atomic mass is 10.2. The SMILES string of the molecule is CCOC(=O)c1cc(OC)n2c(C)c(-c3cc4ccc(/C(C)=N/[S+]([O-])C(C)(C)C)nc4n3COCC[Si](C)(C)C)nc2c1. The fourth-order valence-electron chi connectivity index (χ4n) is 4.50. The number of esters is 1. The Kier molecular flexibility index (Phi) is 9.75. The van der Waals surface area contributed by atoms with Crippen molar-refractivity contribution < 1.29 is 23.6 Å². The van der Waals surface area contributed by atoms with Gasteiger partial charge in [-0.25, -0.2) is 14.8 Å². The van der Waals surface area contributed by atoms with Crippen LogP contribution in [0.5, 0.6) is 5.88 Å². The van der Waals surface area contributed by atoms with Gasteiger partial charge in [0.25, 0.3) is 0 Å². The molecular formula is C31H43N5O5SSi. The highest BCUT2D eigenvalue weighted by Gasteiger charge is 2.27. The summed E-state index contributed by atoms with van der Waals surface area (Å²) in [6.07, 6.45) is 0. The molecule has 0 fully saturated rings. The van der Waals surface area contributed by atoms with Crippen molar-refractivity contribution in [3.8, 4) is 17.3 Å². The second kappa shape index (κ2) is 12.8. The Bertz CT molecular complexity index is 1670. The molecule has 0 amide bonds. The van der Waals surface area contributed by atoms with Gasteiger partial charge in [-0.05, 0) is 71.9 Å². The third kappa shape index (κ3) is 7.31. The molecule has 0 bridgehead atoms.